The van der Waals surface area contributed by atoms with Crippen molar-refractivity contribution in [1.82, 2.24) is 5.32 Å². The van der Waals surface area contributed by atoms with Crippen molar-refractivity contribution in [2.45, 2.75) is 24.8 Å². The van der Waals surface area contributed by atoms with Gasteiger partial charge in [0.1, 0.15) is 5.54 Å². The van der Waals surface area contributed by atoms with E-state index in [0.717, 1.165) is 15.4 Å². The molecule has 3 N–H and O–H groups in total. The summed E-state index contributed by atoms with van der Waals surface area (Å²) in [5.41, 5.74) is -0.521. The number of carboxylic acids is 1. The van der Waals surface area contributed by atoms with Crippen LogP contribution < -0.4 is 10.6 Å². The molecule has 0 radical (unpaired) electrons. The Balaban J connectivity index is 2.03. The molecule has 2 amide bonds. The summed E-state index contributed by atoms with van der Waals surface area (Å²) in [6, 6.07) is 4.80. The van der Waals surface area contributed by atoms with Crippen molar-refractivity contribution in [1.29, 1.82) is 0 Å². The fraction of sp³-hybridized carbons (Fsp3) is 0.333. The minimum absolute atomic E-state index is 0.470. The summed E-state index contributed by atoms with van der Waals surface area (Å²) in [7, 11) is 0. The fourth-order valence-corrected chi connectivity index (χ4v) is 3.03. The van der Waals surface area contributed by atoms with E-state index in [2.05, 4.69) is 42.5 Å². The Labute approximate surface area is 127 Å². The molecule has 0 aromatic heterocycles. The van der Waals surface area contributed by atoms with E-state index in [0.29, 0.717) is 18.5 Å². The third-order valence-corrected chi connectivity index (χ3v) is 4.30. The first-order valence-electron chi connectivity index (χ1n) is 5.70. The van der Waals surface area contributed by atoms with Gasteiger partial charge in [0.05, 0.1) is 5.69 Å². The molecule has 1 fully saturated rings. The van der Waals surface area contributed by atoms with Crippen LogP contribution in [0.3, 0.4) is 0 Å². The van der Waals surface area contributed by atoms with Gasteiger partial charge in [0.2, 0.25) is 0 Å². The van der Waals surface area contributed by atoms with Gasteiger partial charge in [0, 0.05) is 8.95 Å². The van der Waals surface area contributed by atoms with Crippen molar-refractivity contribution in [3.63, 3.8) is 0 Å². The Morgan fingerprint density at radius 3 is 2.42 bits per heavy atom. The molecule has 2 rings (SSSR count). The second-order valence-electron chi connectivity index (χ2n) is 4.44. The van der Waals surface area contributed by atoms with E-state index < -0.39 is 17.5 Å². The predicted octanol–water partition coefficient (Wildman–Crippen LogP) is 3.34. The van der Waals surface area contributed by atoms with E-state index in [4.69, 9.17) is 5.11 Å². The Hall–Kier alpha value is -1.08. The highest BCUT2D eigenvalue weighted by Crippen LogP contribution is 2.32. The molecule has 5 nitrogen and oxygen atoms in total. The lowest BCUT2D eigenvalue weighted by molar-refractivity contribution is -0.148. The molecule has 0 heterocycles. The van der Waals surface area contributed by atoms with Crippen LogP contribution in [-0.4, -0.2) is 22.6 Å². The smallest absolute Gasteiger partial charge is 0.329 e. The number of carbonyl (C=O) groups excluding carboxylic acids is 1. The second-order valence-corrected chi connectivity index (χ2v) is 6.21. The average Bonchev–Trinajstić information content (AvgIpc) is 2.27. The summed E-state index contributed by atoms with van der Waals surface area (Å²) in [6.07, 6.45) is 1.75. The molecule has 1 aliphatic rings. The molecular weight excluding hydrogens is 380 g/mol. The first-order valence-corrected chi connectivity index (χ1v) is 7.29. The van der Waals surface area contributed by atoms with Gasteiger partial charge < -0.3 is 15.7 Å². The van der Waals surface area contributed by atoms with Crippen LogP contribution in [0.15, 0.2) is 27.1 Å². The normalized spacial score (nSPS) is 16.3. The van der Waals surface area contributed by atoms with E-state index in [9.17, 15) is 9.59 Å². The number of hydrogen-bond donors (Lipinski definition) is 3. The Bertz CT molecular complexity index is 530. The number of hydrogen-bond acceptors (Lipinski definition) is 2. The average molecular weight is 392 g/mol. The van der Waals surface area contributed by atoms with Crippen molar-refractivity contribution < 1.29 is 14.7 Å². The number of amides is 2. The zero-order valence-corrected chi connectivity index (χ0v) is 13.0. The number of rotatable bonds is 3. The minimum atomic E-state index is -1.11. The van der Waals surface area contributed by atoms with Gasteiger partial charge in [-0.2, -0.15) is 0 Å². The molecule has 0 bridgehead atoms. The third-order valence-electron chi connectivity index (χ3n) is 3.15. The van der Waals surface area contributed by atoms with E-state index in [1.807, 2.05) is 0 Å². The monoisotopic (exact) mass is 390 g/mol. The number of benzene rings is 1. The Morgan fingerprint density at radius 1 is 1.26 bits per heavy atom. The third kappa shape index (κ3) is 3.09. The van der Waals surface area contributed by atoms with Gasteiger partial charge >= 0.3 is 12.0 Å². The van der Waals surface area contributed by atoms with Gasteiger partial charge in [0.15, 0.2) is 0 Å². The molecule has 0 aliphatic heterocycles. The summed E-state index contributed by atoms with van der Waals surface area (Å²) in [6.45, 7) is 0. The van der Waals surface area contributed by atoms with E-state index in [1.54, 1.807) is 18.2 Å². The van der Waals surface area contributed by atoms with Crippen LogP contribution in [0.4, 0.5) is 10.5 Å². The summed E-state index contributed by atoms with van der Waals surface area (Å²) < 4.78 is 1.60. The quantitative estimate of drug-likeness (QED) is 0.739. The first-order chi connectivity index (χ1) is 8.93. The largest absolute Gasteiger partial charge is 0.480 e. The number of urea groups is 1. The molecule has 0 saturated heterocycles. The van der Waals surface area contributed by atoms with Gasteiger partial charge in [0.25, 0.3) is 0 Å². The number of nitrogens with one attached hydrogen (secondary N) is 2. The highest BCUT2D eigenvalue weighted by Gasteiger charge is 2.45. The Kier molecular flexibility index (Phi) is 4.15. The molecule has 102 valence electrons. The van der Waals surface area contributed by atoms with Crippen LogP contribution in [0, 0.1) is 0 Å². The molecule has 0 unspecified atom stereocenters. The van der Waals surface area contributed by atoms with E-state index in [-0.39, 0.29) is 0 Å². The molecule has 1 saturated carbocycles. The van der Waals surface area contributed by atoms with Crippen molar-refractivity contribution in [3.8, 4) is 0 Å². The molecule has 0 spiro atoms. The van der Waals surface area contributed by atoms with Gasteiger partial charge in [-0.3, -0.25) is 0 Å². The minimum Gasteiger partial charge on any atom is -0.480 e. The predicted molar refractivity (Wildman–Crippen MR) is 78.2 cm³/mol. The number of carbonyl (C=O) groups is 2. The van der Waals surface area contributed by atoms with Crippen molar-refractivity contribution >= 4 is 49.5 Å². The standard InChI is InChI=1S/C12H12Br2N2O3/c13-7-2-3-9(8(14)6-7)15-11(19)16-12(10(17)18)4-1-5-12/h2-3,6H,1,4-5H2,(H,17,18)(H2,15,16,19). The van der Waals surface area contributed by atoms with Crippen LogP contribution in [0.25, 0.3) is 0 Å². The fourth-order valence-electron chi connectivity index (χ4n) is 1.88. The SMILES string of the molecule is O=C(Nc1ccc(Br)cc1Br)NC1(C(=O)O)CCC1. The highest BCUT2D eigenvalue weighted by atomic mass is 79.9. The maximum absolute atomic E-state index is 11.8. The lowest BCUT2D eigenvalue weighted by Crippen LogP contribution is -2.60. The van der Waals surface area contributed by atoms with Crippen LogP contribution in [0.1, 0.15) is 19.3 Å². The molecule has 7 heteroatoms. The number of halogens is 2. The molecular formula is C12H12Br2N2O3. The zero-order valence-electron chi connectivity index (χ0n) is 9.87. The molecule has 1 aliphatic carbocycles. The van der Waals surface area contributed by atoms with Gasteiger partial charge in [-0.1, -0.05) is 15.9 Å². The number of aliphatic carboxylic acids is 1. The second kappa shape index (κ2) is 5.50. The first kappa shape index (κ1) is 14.3. The number of carboxylic acid groups (broad SMARTS) is 1. The number of anilines is 1. The van der Waals surface area contributed by atoms with E-state index >= 15 is 0 Å². The summed E-state index contributed by atoms with van der Waals surface area (Å²) >= 11 is 6.64. The lowest BCUT2D eigenvalue weighted by Gasteiger charge is -2.38. The van der Waals surface area contributed by atoms with Gasteiger partial charge in [-0.15, -0.1) is 0 Å². The van der Waals surface area contributed by atoms with Crippen LogP contribution in [0.2, 0.25) is 0 Å². The summed E-state index contributed by atoms with van der Waals surface area (Å²) in [5.74, 6) is -0.983. The maximum atomic E-state index is 11.8. The molecule has 1 aromatic rings. The zero-order chi connectivity index (χ0) is 14.0. The Morgan fingerprint density at radius 2 is 1.95 bits per heavy atom. The van der Waals surface area contributed by atoms with Crippen molar-refractivity contribution in [2.24, 2.45) is 0 Å². The van der Waals surface area contributed by atoms with Gasteiger partial charge in [-0.25, -0.2) is 9.59 Å². The van der Waals surface area contributed by atoms with E-state index in [1.165, 1.54) is 0 Å². The molecule has 0 atom stereocenters. The summed E-state index contributed by atoms with van der Waals surface area (Å²) in [4.78, 5) is 23.0. The van der Waals surface area contributed by atoms with Gasteiger partial charge in [-0.05, 0) is 53.4 Å². The topological polar surface area (TPSA) is 78.4 Å². The van der Waals surface area contributed by atoms with Crippen LogP contribution >= 0.6 is 31.9 Å². The van der Waals surface area contributed by atoms with Crippen molar-refractivity contribution in [3.05, 3.63) is 27.1 Å². The molecule has 1 aromatic carbocycles. The van der Waals surface area contributed by atoms with Crippen LogP contribution in [-0.2, 0) is 4.79 Å². The van der Waals surface area contributed by atoms with Crippen LogP contribution in [0.5, 0.6) is 0 Å². The highest BCUT2D eigenvalue weighted by molar-refractivity contribution is 9.11. The molecule has 19 heavy (non-hydrogen) atoms. The lowest BCUT2D eigenvalue weighted by atomic mass is 9.77. The maximum Gasteiger partial charge on any atom is 0.329 e. The van der Waals surface area contributed by atoms with Crippen molar-refractivity contribution in [2.75, 3.05) is 5.32 Å². The summed E-state index contributed by atoms with van der Waals surface area (Å²) in [5, 5.41) is 14.3.